The molecule has 1 unspecified atom stereocenters. The number of amides is 2. The lowest BCUT2D eigenvalue weighted by Crippen LogP contribution is -2.40. The number of hydrogen-bond acceptors (Lipinski definition) is 3. The highest BCUT2D eigenvalue weighted by atomic mass is 19.4. The van der Waals surface area contributed by atoms with Crippen molar-refractivity contribution in [2.45, 2.75) is 58.0 Å². The van der Waals surface area contributed by atoms with Crippen molar-refractivity contribution in [2.75, 3.05) is 6.54 Å². The third kappa shape index (κ3) is 4.78. The van der Waals surface area contributed by atoms with E-state index < -0.39 is 36.4 Å². The van der Waals surface area contributed by atoms with Gasteiger partial charge in [-0.2, -0.15) is 31.4 Å². The number of nitrogens with zero attached hydrogens (tertiary/aromatic N) is 4. The van der Waals surface area contributed by atoms with E-state index in [2.05, 4.69) is 10.1 Å². The number of rotatable bonds is 6. The molecule has 1 fully saturated rings. The van der Waals surface area contributed by atoms with E-state index in [0.29, 0.717) is 23.3 Å². The third-order valence-corrected chi connectivity index (χ3v) is 5.19. The number of halogens is 6. The molecule has 30 heavy (non-hydrogen) atoms. The number of alkyl halides is 6. The van der Waals surface area contributed by atoms with Crippen LogP contribution < -0.4 is 5.32 Å². The fraction of sp³-hybridized carbons (Fsp3) is 0.611. The zero-order valence-corrected chi connectivity index (χ0v) is 16.3. The minimum absolute atomic E-state index is 0.0481. The summed E-state index contributed by atoms with van der Waals surface area (Å²) in [5.74, 6) is 0. The Hall–Kier alpha value is -2.53. The molecule has 0 saturated carbocycles. The molecular weight excluding hydrogens is 416 g/mol. The number of carbonyl (C=O) groups excluding carboxylic acids is 1. The molecule has 12 heteroatoms. The van der Waals surface area contributed by atoms with Crippen LogP contribution in [0, 0.1) is 5.41 Å². The predicted molar refractivity (Wildman–Crippen MR) is 94.5 cm³/mol. The van der Waals surface area contributed by atoms with Gasteiger partial charge in [0, 0.05) is 6.54 Å². The highest BCUT2D eigenvalue weighted by Gasteiger charge is 2.47. The first-order valence-electron chi connectivity index (χ1n) is 9.28. The molecule has 6 nitrogen and oxygen atoms in total. The van der Waals surface area contributed by atoms with Gasteiger partial charge in [0.1, 0.15) is 6.04 Å². The smallest absolute Gasteiger partial charge is 0.324 e. The molecule has 1 aliphatic rings. The maximum atomic E-state index is 12.9. The molecule has 1 N–H and O–H groups in total. The predicted octanol–water partition coefficient (Wildman–Crippen LogP) is 4.10. The number of urea groups is 1. The Labute approximate surface area is 168 Å². The van der Waals surface area contributed by atoms with Crippen LogP contribution in [-0.4, -0.2) is 50.5 Å². The summed E-state index contributed by atoms with van der Waals surface area (Å²) < 4.78 is 78.5. The largest absolute Gasteiger partial charge is 0.410 e. The van der Waals surface area contributed by atoms with Gasteiger partial charge in [0.2, 0.25) is 0 Å². The van der Waals surface area contributed by atoms with Crippen molar-refractivity contribution < 1.29 is 31.1 Å². The molecule has 0 bridgehead atoms. The van der Waals surface area contributed by atoms with Crippen LogP contribution in [0.1, 0.15) is 37.9 Å². The van der Waals surface area contributed by atoms with E-state index in [0.717, 1.165) is 18.7 Å². The van der Waals surface area contributed by atoms with E-state index in [9.17, 15) is 31.1 Å². The van der Waals surface area contributed by atoms with Crippen molar-refractivity contribution in [2.24, 2.45) is 5.41 Å². The molecule has 0 spiro atoms. The van der Waals surface area contributed by atoms with Crippen LogP contribution in [0.3, 0.4) is 0 Å². The number of aryl methyl sites for hydroxylation is 1. The van der Waals surface area contributed by atoms with Crippen molar-refractivity contribution >= 4 is 11.7 Å². The van der Waals surface area contributed by atoms with Gasteiger partial charge in [-0.15, -0.1) is 0 Å². The SMILES string of the molecule is CC(C)(CCCc1cn2ncc(CN3CC(C(F)(F)F)NC3=O)cc2n1)C(F)(F)F. The summed E-state index contributed by atoms with van der Waals surface area (Å²) >= 11 is 0. The first kappa shape index (κ1) is 22.2. The lowest BCUT2D eigenvalue weighted by molar-refractivity contribution is -0.213. The van der Waals surface area contributed by atoms with Gasteiger partial charge in [0.05, 0.1) is 30.0 Å². The van der Waals surface area contributed by atoms with E-state index in [4.69, 9.17) is 0 Å². The second kappa shape index (κ2) is 7.62. The van der Waals surface area contributed by atoms with Gasteiger partial charge in [-0.05, 0) is 30.9 Å². The molecule has 0 aromatic carbocycles. The molecule has 2 aromatic heterocycles. The van der Waals surface area contributed by atoms with Crippen LogP contribution in [0.15, 0.2) is 18.5 Å². The Balaban J connectivity index is 1.63. The topological polar surface area (TPSA) is 62.5 Å². The highest BCUT2D eigenvalue weighted by molar-refractivity contribution is 5.77. The van der Waals surface area contributed by atoms with Crippen molar-refractivity contribution in [3.8, 4) is 0 Å². The number of nitrogens with one attached hydrogen (secondary N) is 1. The van der Waals surface area contributed by atoms with Crippen molar-refractivity contribution in [1.82, 2.24) is 24.8 Å². The normalized spacial score (nSPS) is 18.3. The molecule has 166 valence electrons. The van der Waals surface area contributed by atoms with Crippen LogP contribution in [0.2, 0.25) is 0 Å². The lowest BCUT2D eigenvalue weighted by atomic mass is 9.86. The molecule has 2 amide bonds. The van der Waals surface area contributed by atoms with Crippen LogP contribution in [0.5, 0.6) is 0 Å². The minimum Gasteiger partial charge on any atom is -0.324 e. The zero-order chi connectivity index (χ0) is 22.3. The van der Waals surface area contributed by atoms with Crippen LogP contribution in [0.25, 0.3) is 5.65 Å². The molecule has 0 aliphatic carbocycles. The third-order valence-electron chi connectivity index (χ3n) is 5.19. The van der Waals surface area contributed by atoms with Gasteiger partial charge >= 0.3 is 18.4 Å². The highest BCUT2D eigenvalue weighted by Crippen LogP contribution is 2.41. The first-order chi connectivity index (χ1) is 13.8. The number of fused-ring (bicyclic) bond motifs is 1. The maximum absolute atomic E-state index is 12.9. The van der Waals surface area contributed by atoms with Gasteiger partial charge in [0.15, 0.2) is 5.65 Å². The standard InChI is InChI=1S/C18H21F6N5O/c1-16(2,18(22,23)24)5-3-4-12-9-29-14(26-12)6-11(7-25-29)8-28-10-13(17(19,20)21)27-15(28)30/h6-7,9,13H,3-5,8,10H2,1-2H3,(H,27,30). The van der Waals surface area contributed by atoms with Gasteiger partial charge in [-0.25, -0.2) is 14.3 Å². The Morgan fingerprint density at radius 1 is 1.20 bits per heavy atom. The molecule has 1 aliphatic heterocycles. The Kier molecular flexibility index (Phi) is 5.63. The molecule has 1 saturated heterocycles. The van der Waals surface area contributed by atoms with Crippen molar-refractivity contribution in [1.29, 1.82) is 0 Å². The number of aromatic nitrogens is 3. The summed E-state index contributed by atoms with van der Waals surface area (Å²) in [6.45, 7) is 1.75. The van der Waals surface area contributed by atoms with E-state index in [1.165, 1.54) is 10.7 Å². The summed E-state index contributed by atoms with van der Waals surface area (Å²) in [6.07, 6.45) is -5.22. The van der Waals surface area contributed by atoms with E-state index in [1.54, 1.807) is 12.3 Å². The van der Waals surface area contributed by atoms with Gasteiger partial charge < -0.3 is 10.2 Å². The van der Waals surface area contributed by atoms with E-state index in [1.807, 2.05) is 5.32 Å². The molecule has 0 radical (unpaired) electrons. The van der Waals surface area contributed by atoms with Crippen LogP contribution in [-0.2, 0) is 13.0 Å². The zero-order valence-electron chi connectivity index (χ0n) is 16.3. The Morgan fingerprint density at radius 3 is 2.50 bits per heavy atom. The lowest BCUT2D eigenvalue weighted by Gasteiger charge is -2.27. The summed E-state index contributed by atoms with van der Waals surface area (Å²) in [6, 6.07) is -1.14. The van der Waals surface area contributed by atoms with Crippen LogP contribution >= 0.6 is 0 Å². The summed E-state index contributed by atoms with van der Waals surface area (Å²) in [7, 11) is 0. The van der Waals surface area contributed by atoms with Crippen LogP contribution in [0.4, 0.5) is 31.1 Å². The molecule has 3 rings (SSSR count). The van der Waals surface area contributed by atoms with Gasteiger partial charge in [0.25, 0.3) is 0 Å². The maximum Gasteiger partial charge on any atom is 0.410 e. The van der Waals surface area contributed by atoms with E-state index in [-0.39, 0.29) is 19.4 Å². The van der Waals surface area contributed by atoms with Crippen molar-refractivity contribution in [3.63, 3.8) is 0 Å². The molecular formula is C18H21F6N5O. The molecule has 1 atom stereocenters. The van der Waals surface area contributed by atoms with E-state index >= 15 is 0 Å². The number of carbonyl (C=O) groups is 1. The van der Waals surface area contributed by atoms with Gasteiger partial charge in [-0.1, -0.05) is 13.8 Å². The average Bonchev–Trinajstić information content (AvgIpc) is 3.16. The summed E-state index contributed by atoms with van der Waals surface area (Å²) in [5.41, 5.74) is -0.323. The summed E-state index contributed by atoms with van der Waals surface area (Å²) in [4.78, 5) is 17.1. The Bertz CT molecular complexity index is 920. The monoisotopic (exact) mass is 437 g/mol. The first-order valence-corrected chi connectivity index (χ1v) is 9.28. The molecule has 3 heterocycles. The second-order valence-electron chi connectivity index (χ2n) is 8.06. The Morgan fingerprint density at radius 2 is 1.90 bits per heavy atom. The minimum atomic E-state index is -4.52. The quantitative estimate of drug-likeness (QED) is 0.693. The second-order valence-corrected chi connectivity index (χ2v) is 8.06. The summed E-state index contributed by atoms with van der Waals surface area (Å²) in [5, 5.41) is 6.02. The fourth-order valence-corrected chi connectivity index (χ4v) is 3.16. The van der Waals surface area contributed by atoms with Gasteiger partial charge in [-0.3, -0.25) is 0 Å². The average molecular weight is 437 g/mol. The van der Waals surface area contributed by atoms with Crippen molar-refractivity contribution in [3.05, 3.63) is 29.7 Å². The fourth-order valence-electron chi connectivity index (χ4n) is 3.16. The number of hydrogen-bond donors (Lipinski definition) is 1. The molecule has 2 aromatic rings. The number of imidazole rings is 1.